The minimum Gasteiger partial charge on any atom is -0.454 e. The lowest BCUT2D eigenvalue weighted by Crippen LogP contribution is -2.21. The molecule has 1 N–H and O–H groups in total. The van der Waals surface area contributed by atoms with Crippen LogP contribution in [0.1, 0.15) is 18.9 Å². The van der Waals surface area contributed by atoms with Gasteiger partial charge in [-0.05, 0) is 37.5 Å². The number of benzene rings is 1. The van der Waals surface area contributed by atoms with Gasteiger partial charge in [-0.1, -0.05) is 12.0 Å². The number of aliphatic hydroxyl groups is 1. The lowest BCUT2D eigenvalue weighted by Gasteiger charge is -2.15. The highest BCUT2D eigenvalue weighted by atomic mass is 16.7. The zero-order valence-corrected chi connectivity index (χ0v) is 9.19. The van der Waals surface area contributed by atoms with Gasteiger partial charge in [-0.2, -0.15) is 0 Å². The van der Waals surface area contributed by atoms with Crippen molar-refractivity contribution in [3.05, 3.63) is 23.8 Å². The number of aryl methyl sites for hydroxylation is 1. The summed E-state index contributed by atoms with van der Waals surface area (Å²) in [5.41, 5.74) is 0.0379. The van der Waals surface area contributed by atoms with Crippen molar-refractivity contribution in [1.82, 2.24) is 0 Å². The van der Waals surface area contributed by atoms with Crippen LogP contribution in [0.3, 0.4) is 0 Å². The summed E-state index contributed by atoms with van der Waals surface area (Å²) in [6, 6.07) is 5.76. The first-order valence-corrected chi connectivity index (χ1v) is 5.19. The molecule has 0 aliphatic carbocycles. The van der Waals surface area contributed by atoms with Crippen LogP contribution < -0.4 is 9.47 Å². The van der Waals surface area contributed by atoms with Crippen molar-refractivity contribution < 1.29 is 14.6 Å². The van der Waals surface area contributed by atoms with E-state index in [0.717, 1.165) is 17.1 Å². The first-order valence-electron chi connectivity index (χ1n) is 5.19. The van der Waals surface area contributed by atoms with Gasteiger partial charge in [0.2, 0.25) is 6.79 Å². The molecule has 0 bridgehead atoms. The Morgan fingerprint density at radius 1 is 1.44 bits per heavy atom. The predicted octanol–water partition coefficient (Wildman–Crippen LogP) is 1.73. The van der Waals surface area contributed by atoms with E-state index in [4.69, 9.17) is 15.9 Å². The van der Waals surface area contributed by atoms with Crippen LogP contribution in [0.2, 0.25) is 0 Å². The van der Waals surface area contributed by atoms with Crippen LogP contribution in [0.4, 0.5) is 0 Å². The molecule has 0 spiro atoms. The molecule has 1 aliphatic heterocycles. The molecule has 1 aliphatic rings. The first kappa shape index (κ1) is 10.8. The van der Waals surface area contributed by atoms with Crippen molar-refractivity contribution in [1.29, 1.82) is 0 Å². The van der Waals surface area contributed by atoms with Crippen molar-refractivity contribution in [3.63, 3.8) is 0 Å². The van der Waals surface area contributed by atoms with Crippen molar-refractivity contribution in [3.8, 4) is 23.8 Å². The van der Waals surface area contributed by atoms with Gasteiger partial charge in [0.25, 0.3) is 0 Å². The van der Waals surface area contributed by atoms with Gasteiger partial charge in [0, 0.05) is 0 Å². The molecule has 1 aromatic rings. The lowest BCUT2D eigenvalue weighted by atomic mass is 9.97. The normalized spacial score (nSPS) is 16.6. The molecule has 3 nitrogen and oxygen atoms in total. The van der Waals surface area contributed by atoms with Gasteiger partial charge in [-0.25, -0.2) is 0 Å². The Hall–Kier alpha value is -1.66. The molecule has 0 fully saturated rings. The second kappa shape index (κ2) is 4.07. The topological polar surface area (TPSA) is 38.7 Å². The quantitative estimate of drug-likeness (QED) is 0.785. The minimum absolute atomic E-state index is 0.279. The fourth-order valence-corrected chi connectivity index (χ4v) is 1.56. The number of ether oxygens (including phenoxy) is 2. The Bertz CT molecular complexity index is 429. The van der Waals surface area contributed by atoms with E-state index in [1.807, 2.05) is 18.2 Å². The monoisotopic (exact) mass is 218 g/mol. The van der Waals surface area contributed by atoms with E-state index < -0.39 is 5.60 Å². The Morgan fingerprint density at radius 3 is 2.94 bits per heavy atom. The fraction of sp³-hybridized carbons (Fsp3) is 0.385. The highest BCUT2D eigenvalue weighted by molar-refractivity contribution is 5.44. The number of rotatable bonds is 3. The molecular formula is C13H14O3. The van der Waals surface area contributed by atoms with Crippen molar-refractivity contribution in [2.75, 3.05) is 6.79 Å². The maximum absolute atomic E-state index is 9.69. The molecule has 16 heavy (non-hydrogen) atoms. The summed E-state index contributed by atoms with van der Waals surface area (Å²) in [7, 11) is 0. The second-order valence-corrected chi connectivity index (χ2v) is 4.11. The van der Waals surface area contributed by atoms with Crippen LogP contribution in [-0.4, -0.2) is 17.5 Å². The van der Waals surface area contributed by atoms with Crippen LogP contribution in [0, 0.1) is 12.3 Å². The highest BCUT2D eigenvalue weighted by Crippen LogP contribution is 2.33. The predicted molar refractivity (Wildman–Crippen MR) is 60.3 cm³/mol. The van der Waals surface area contributed by atoms with Gasteiger partial charge in [0.15, 0.2) is 11.5 Å². The molecule has 0 saturated heterocycles. The molecule has 84 valence electrons. The summed E-state index contributed by atoms with van der Waals surface area (Å²) in [5, 5.41) is 9.69. The minimum atomic E-state index is -1.05. The van der Waals surface area contributed by atoms with Crippen LogP contribution in [0.5, 0.6) is 11.5 Å². The molecule has 3 heteroatoms. The third-order valence-corrected chi connectivity index (χ3v) is 2.65. The number of fused-ring (bicyclic) bond motifs is 1. The Labute approximate surface area is 95.0 Å². The van der Waals surface area contributed by atoms with Crippen LogP contribution in [0.15, 0.2) is 18.2 Å². The van der Waals surface area contributed by atoms with E-state index in [0.29, 0.717) is 12.8 Å². The van der Waals surface area contributed by atoms with Gasteiger partial charge in [-0.3, -0.25) is 0 Å². The van der Waals surface area contributed by atoms with Crippen molar-refractivity contribution >= 4 is 0 Å². The second-order valence-electron chi connectivity index (χ2n) is 4.11. The standard InChI is InChI=1S/C13H14O3/c1-3-13(2,14)7-6-10-4-5-11-12(8-10)16-9-15-11/h1,4-5,8,14H,6-7,9H2,2H3/t13-/m0/s1. The summed E-state index contributed by atoms with van der Waals surface area (Å²) < 4.78 is 10.5. The van der Waals surface area contributed by atoms with Crippen LogP contribution in [0.25, 0.3) is 0 Å². The van der Waals surface area contributed by atoms with Gasteiger partial charge in [0.1, 0.15) is 5.60 Å². The molecular weight excluding hydrogens is 204 g/mol. The van der Waals surface area contributed by atoms with Crippen molar-refractivity contribution in [2.24, 2.45) is 0 Å². The Kier molecular flexibility index (Phi) is 2.76. The van der Waals surface area contributed by atoms with E-state index in [-0.39, 0.29) is 6.79 Å². The van der Waals surface area contributed by atoms with Gasteiger partial charge in [-0.15, -0.1) is 6.42 Å². The molecule has 0 amide bonds. The number of hydrogen-bond acceptors (Lipinski definition) is 3. The summed E-state index contributed by atoms with van der Waals surface area (Å²) in [4.78, 5) is 0. The zero-order chi connectivity index (χ0) is 11.6. The zero-order valence-electron chi connectivity index (χ0n) is 9.19. The fourth-order valence-electron chi connectivity index (χ4n) is 1.56. The number of hydrogen-bond donors (Lipinski definition) is 1. The lowest BCUT2D eigenvalue weighted by molar-refractivity contribution is 0.113. The summed E-state index contributed by atoms with van der Waals surface area (Å²) in [6.07, 6.45) is 6.46. The molecule has 0 saturated carbocycles. The Balaban J connectivity index is 2.04. The third kappa shape index (κ3) is 2.29. The largest absolute Gasteiger partial charge is 0.454 e. The maximum Gasteiger partial charge on any atom is 0.231 e. The molecule has 1 heterocycles. The molecule has 0 aromatic heterocycles. The number of terminal acetylenes is 1. The molecule has 1 aromatic carbocycles. The van der Waals surface area contributed by atoms with Gasteiger partial charge >= 0.3 is 0 Å². The van der Waals surface area contributed by atoms with E-state index in [1.54, 1.807) is 6.92 Å². The third-order valence-electron chi connectivity index (χ3n) is 2.65. The van der Waals surface area contributed by atoms with E-state index >= 15 is 0 Å². The summed E-state index contributed by atoms with van der Waals surface area (Å²) in [5.74, 6) is 3.90. The molecule has 2 rings (SSSR count). The van der Waals surface area contributed by atoms with E-state index in [1.165, 1.54) is 0 Å². The molecule has 1 atom stereocenters. The SMILES string of the molecule is C#C[C@](C)(O)CCc1ccc2c(c1)OCO2. The average molecular weight is 218 g/mol. The maximum atomic E-state index is 9.69. The Morgan fingerprint density at radius 2 is 2.19 bits per heavy atom. The van der Waals surface area contributed by atoms with Gasteiger partial charge < -0.3 is 14.6 Å². The first-order chi connectivity index (χ1) is 7.61. The average Bonchev–Trinajstić information content (AvgIpc) is 2.73. The van der Waals surface area contributed by atoms with Crippen LogP contribution in [-0.2, 0) is 6.42 Å². The van der Waals surface area contributed by atoms with E-state index in [9.17, 15) is 5.11 Å². The summed E-state index contributed by atoms with van der Waals surface area (Å²) in [6.45, 7) is 1.92. The highest BCUT2D eigenvalue weighted by Gasteiger charge is 2.17. The van der Waals surface area contributed by atoms with Gasteiger partial charge in [0.05, 0.1) is 0 Å². The van der Waals surface area contributed by atoms with Crippen molar-refractivity contribution in [2.45, 2.75) is 25.4 Å². The smallest absolute Gasteiger partial charge is 0.231 e. The summed E-state index contributed by atoms with van der Waals surface area (Å²) >= 11 is 0. The molecule has 0 unspecified atom stereocenters. The molecule has 0 radical (unpaired) electrons. The van der Waals surface area contributed by atoms with E-state index in [2.05, 4.69) is 5.92 Å². The van der Waals surface area contributed by atoms with Crippen LogP contribution >= 0.6 is 0 Å².